The van der Waals surface area contributed by atoms with Crippen LogP contribution in [0.4, 0.5) is 11.4 Å². The number of ether oxygens (including phenoxy) is 1. The number of hydrogen-bond acceptors (Lipinski definition) is 7. The molecular weight excluding hydrogens is 474 g/mol. The standard InChI is InChI=1S/C21H22ClN3O7S/c1-14(32-21(27)15-6-5-7-16(12-15)25(28)29)20(26)23-19-13-17(8-9-18(19)22)33(30,31)24-10-3-2-4-11-24/h5-9,12-14H,2-4,10-11H2,1H3,(H,23,26). The summed E-state index contributed by atoms with van der Waals surface area (Å²) >= 11 is 6.13. The summed E-state index contributed by atoms with van der Waals surface area (Å²) in [4.78, 5) is 35.0. The predicted molar refractivity (Wildman–Crippen MR) is 121 cm³/mol. The van der Waals surface area contributed by atoms with Gasteiger partial charge in [-0.15, -0.1) is 0 Å². The van der Waals surface area contributed by atoms with Gasteiger partial charge in [0.15, 0.2) is 6.10 Å². The van der Waals surface area contributed by atoms with E-state index in [0.29, 0.717) is 13.1 Å². The number of nitrogens with one attached hydrogen (secondary N) is 1. The normalized spacial score (nSPS) is 15.5. The van der Waals surface area contributed by atoms with Gasteiger partial charge in [-0.25, -0.2) is 13.2 Å². The number of piperidine rings is 1. The molecule has 176 valence electrons. The minimum Gasteiger partial charge on any atom is -0.449 e. The van der Waals surface area contributed by atoms with Crippen LogP contribution in [0, 0.1) is 10.1 Å². The number of carbonyl (C=O) groups excluding carboxylic acids is 2. The van der Waals surface area contributed by atoms with Crippen molar-refractivity contribution >= 4 is 44.9 Å². The van der Waals surface area contributed by atoms with Crippen molar-refractivity contribution in [3.05, 3.63) is 63.2 Å². The summed E-state index contributed by atoms with van der Waals surface area (Å²) in [5.41, 5.74) is -0.324. The molecule has 10 nitrogen and oxygen atoms in total. The van der Waals surface area contributed by atoms with Gasteiger partial charge in [-0.3, -0.25) is 14.9 Å². The molecule has 2 aromatic carbocycles. The number of non-ortho nitro benzene ring substituents is 1. The number of hydrogen-bond donors (Lipinski definition) is 1. The molecule has 0 saturated carbocycles. The van der Waals surface area contributed by atoms with Crippen LogP contribution >= 0.6 is 11.6 Å². The first kappa shape index (κ1) is 24.6. The number of rotatable bonds is 7. The summed E-state index contributed by atoms with van der Waals surface area (Å²) in [5, 5.41) is 13.5. The van der Waals surface area contributed by atoms with Crippen LogP contribution in [0.2, 0.25) is 5.02 Å². The van der Waals surface area contributed by atoms with Gasteiger partial charge in [0.05, 0.1) is 26.1 Å². The molecule has 1 saturated heterocycles. The van der Waals surface area contributed by atoms with Gasteiger partial charge in [0.2, 0.25) is 10.0 Å². The Morgan fingerprint density at radius 2 is 1.85 bits per heavy atom. The van der Waals surface area contributed by atoms with Crippen molar-refractivity contribution in [3.63, 3.8) is 0 Å². The topological polar surface area (TPSA) is 136 Å². The lowest BCUT2D eigenvalue weighted by Crippen LogP contribution is -2.35. The highest BCUT2D eigenvalue weighted by atomic mass is 35.5. The van der Waals surface area contributed by atoms with E-state index in [1.165, 1.54) is 47.6 Å². The van der Waals surface area contributed by atoms with E-state index in [0.717, 1.165) is 25.3 Å². The highest BCUT2D eigenvalue weighted by molar-refractivity contribution is 7.89. The largest absolute Gasteiger partial charge is 0.449 e. The Bertz CT molecular complexity index is 1180. The second-order valence-electron chi connectivity index (χ2n) is 7.45. The zero-order valence-electron chi connectivity index (χ0n) is 17.7. The maximum Gasteiger partial charge on any atom is 0.339 e. The van der Waals surface area contributed by atoms with Gasteiger partial charge in [0.25, 0.3) is 11.6 Å². The number of carbonyl (C=O) groups is 2. The quantitative estimate of drug-likeness (QED) is 0.352. The Morgan fingerprint density at radius 3 is 2.52 bits per heavy atom. The first-order valence-corrected chi connectivity index (χ1v) is 12.0. The fourth-order valence-corrected chi connectivity index (χ4v) is 4.99. The second-order valence-corrected chi connectivity index (χ2v) is 9.80. The Hall–Kier alpha value is -3.02. The van der Waals surface area contributed by atoms with Crippen LogP contribution in [0.25, 0.3) is 0 Å². The van der Waals surface area contributed by atoms with E-state index in [4.69, 9.17) is 16.3 Å². The second kappa shape index (κ2) is 10.3. The Balaban J connectivity index is 1.71. The number of anilines is 1. The highest BCUT2D eigenvalue weighted by Crippen LogP contribution is 2.28. The molecule has 33 heavy (non-hydrogen) atoms. The van der Waals surface area contributed by atoms with Crippen LogP contribution in [0.5, 0.6) is 0 Å². The molecule has 1 atom stereocenters. The van der Waals surface area contributed by atoms with Crippen molar-refractivity contribution in [1.29, 1.82) is 0 Å². The van der Waals surface area contributed by atoms with Crippen LogP contribution in [-0.2, 0) is 19.6 Å². The Labute approximate surface area is 195 Å². The zero-order valence-corrected chi connectivity index (χ0v) is 19.3. The van der Waals surface area contributed by atoms with Crippen LogP contribution in [0.1, 0.15) is 36.5 Å². The number of nitro groups is 1. The van der Waals surface area contributed by atoms with Crippen molar-refractivity contribution in [2.45, 2.75) is 37.2 Å². The molecule has 1 aliphatic rings. The van der Waals surface area contributed by atoms with E-state index in [-0.39, 0.29) is 26.9 Å². The minimum absolute atomic E-state index is 0.00894. The molecule has 1 aliphatic heterocycles. The molecule has 0 bridgehead atoms. The van der Waals surface area contributed by atoms with E-state index < -0.39 is 32.9 Å². The average molecular weight is 496 g/mol. The maximum absolute atomic E-state index is 12.9. The summed E-state index contributed by atoms with van der Waals surface area (Å²) in [7, 11) is -3.74. The van der Waals surface area contributed by atoms with Crippen molar-refractivity contribution in [1.82, 2.24) is 4.31 Å². The molecule has 1 N–H and O–H groups in total. The monoisotopic (exact) mass is 495 g/mol. The number of esters is 1. The number of halogens is 1. The van der Waals surface area contributed by atoms with Crippen molar-refractivity contribution < 1.29 is 27.7 Å². The summed E-state index contributed by atoms with van der Waals surface area (Å²) < 4.78 is 32.3. The number of benzene rings is 2. The van der Waals surface area contributed by atoms with Crippen LogP contribution in [-0.4, -0.2) is 48.7 Å². The summed E-state index contributed by atoms with van der Waals surface area (Å²) in [6, 6.07) is 8.92. The molecule has 0 aliphatic carbocycles. The summed E-state index contributed by atoms with van der Waals surface area (Å²) in [6.07, 6.45) is 1.25. The average Bonchev–Trinajstić information content (AvgIpc) is 2.80. The summed E-state index contributed by atoms with van der Waals surface area (Å²) in [5.74, 6) is -1.67. The third-order valence-electron chi connectivity index (χ3n) is 5.09. The first-order chi connectivity index (χ1) is 15.6. The molecule has 12 heteroatoms. The number of amides is 1. The number of nitrogens with zero attached hydrogens (tertiary/aromatic N) is 2. The number of sulfonamides is 1. The van der Waals surface area contributed by atoms with E-state index in [9.17, 15) is 28.1 Å². The third-order valence-corrected chi connectivity index (χ3v) is 7.32. The molecule has 0 aromatic heterocycles. The number of nitro benzene ring substituents is 1. The molecule has 1 unspecified atom stereocenters. The van der Waals surface area contributed by atoms with Crippen molar-refractivity contribution in [2.24, 2.45) is 0 Å². The third kappa shape index (κ3) is 5.86. The van der Waals surface area contributed by atoms with Gasteiger partial charge < -0.3 is 10.1 Å². The molecule has 1 heterocycles. The molecule has 0 spiro atoms. The van der Waals surface area contributed by atoms with E-state index in [2.05, 4.69) is 5.32 Å². The van der Waals surface area contributed by atoms with Crippen LogP contribution < -0.4 is 5.32 Å². The SMILES string of the molecule is CC(OC(=O)c1cccc([N+](=O)[O-])c1)C(=O)Nc1cc(S(=O)(=O)N2CCCCC2)ccc1Cl. The molecular formula is C21H22ClN3O7S. The Morgan fingerprint density at radius 1 is 1.15 bits per heavy atom. The molecule has 0 radical (unpaired) electrons. The van der Waals surface area contributed by atoms with Crippen LogP contribution in [0.3, 0.4) is 0 Å². The fourth-order valence-electron chi connectivity index (χ4n) is 3.28. The van der Waals surface area contributed by atoms with Gasteiger partial charge >= 0.3 is 5.97 Å². The van der Waals surface area contributed by atoms with Crippen LogP contribution in [0.15, 0.2) is 47.4 Å². The fraction of sp³-hybridized carbons (Fsp3) is 0.333. The van der Waals surface area contributed by atoms with Gasteiger partial charge in [-0.05, 0) is 44.0 Å². The van der Waals surface area contributed by atoms with Gasteiger partial charge in [-0.2, -0.15) is 4.31 Å². The smallest absolute Gasteiger partial charge is 0.339 e. The predicted octanol–water partition coefficient (Wildman–Crippen LogP) is 3.61. The molecule has 2 aromatic rings. The van der Waals surface area contributed by atoms with Gasteiger partial charge in [0, 0.05) is 25.2 Å². The minimum atomic E-state index is -3.74. The lowest BCUT2D eigenvalue weighted by Gasteiger charge is -2.26. The van der Waals surface area contributed by atoms with Gasteiger partial charge in [0.1, 0.15) is 0 Å². The lowest BCUT2D eigenvalue weighted by molar-refractivity contribution is -0.384. The van der Waals surface area contributed by atoms with E-state index >= 15 is 0 Å². The summed E-state index contributed by atoms with van der Waals surface area (Å²) in [6.45, 7) is 2.17. The molecule has 1 fully saturated rings. The van der Waals surface area contributed by atoms with Crippen molar-refractivity contribution in [3.8, 4) is 0 Å². The lowest BCUT2D eigenvalue weighted by atomic mass is 10.2. The van der Waals surface area contributed by atoms with E-state index in [1.54, 1.807) is 0 Å². The van der Waals surface area contributed by atoms with Gasteiger partial charge in [-0.1, -0.05) is 24.1 Å². The Kier molecular flexibility index (Phi) is 7.67. The maximum atomic E-state index is 12.9. The van der Waals surface area contributed by atoms with E-state index in [1.807, 2.05) is 0 Å². The molecule has 1 amide bonds. The zero-order chi connectivity index (χ0) is 24.2. The first-order valence-electron chi connectivity index (χ1n) is 10.2. The van der Waals surface area contributed by atoms with Crippen molar-refractivity contribution in [2.75, 3.05) is 18.4 Å². The molecule has 3 rings (SSSR count). The highest BCUT2D eigenvalue weighted by Gasteiger charge is 2.27.